The van der Waals surface area contributed by atoms with E-state index in [1.807, 2.05) is 12.1 Å². The van der Waals surface area contributed by atoms with Crippen LogP contribution in [-0.2, 0) is 27.5 Å². The molecule has 7 heteroatoms. The van der Waals surface area contributed by atoms with Crippen molar-refractivity contribution in [3.8, 4) is 0 Å². The lowest BCUT2D eigenvalue weighted by Gasteiger charge is -2.25. The average Bonchev–Trinajstić information content (AvgIpc) is 3.52. The second-order valence-electron chi connectivity index (χ2n) is 7.93. The summed E-state index contributed by atoms with van der Waals surface area (Å²) in [4.78, 5) is 15.1. The van der Waals surface area contributed by atoms with Crippen LogP contribution >= 0.6 is 0 Å². The number of aryl methyl sites for hydroxylation is 1. The second kappa shape index (κ2) is 9.71. The average molecular weight is 454 g/mol. The fourth-order valence-electron chi connectivity index (χ4n) is 3.81. The number of amides is 1. The van der Waals surface area contributed by atoms with Crippen LogP contribution in [0.15, 0.2) is 81.1 Å². The van der Waals surface area contributed by atoms with Gasteiger partial charge in [-0.05, 0) is 54.7 Å². The van der Waals surface area contributed by atoms with E-state index in [1.54, 1.807) is 23.1 Å². The fourth-order valence-corrected chi connectivity index (χ4v) is 5.00. The van der Waals surface area contributed by atoms with Crippen molar-refractivity contribution in [3.05, 3.63) is 83.6 Å². The quantitative estimate of drug-likeness (QED) is 0.502. The van der Waals surface area contributed by atoms with Gasteiger partial charge in [0.1, 0.15) is 0 Å². The molecular weight excluding hydrogens is 426 g/mol. The molecule has 1 aliphatic rings. The van der Waals surface area contributed by atoms with Gasteiger partial charge in [-0.2, -0.15) is 0 Å². The number of ether oxygens (including phenoxy) is 1. The number of carbonyl (C=O) groups excluding carboxylic acids is 1. The summed E-state index contributed by atoms with van der Waals surface area (Å²) in [6, 6.07) is 19.0. The Hall–Kier alpha value is -2.90. The van der Waals surface area contributed by atoms with Crippen molar-refractivity contribution >= 4 is 15.7 Å². The Morgan fingerprint density at radius 2 is 1.72 bits per heavy atom. The van der Waals surface area contributed by atoms with Crippen LogP contribution in [0.4, 0.5) is 0 Å². The molecule has 0 radical (unpaired) electrons. The predicted octanol–water partition coefficient (Wildman–Crippen LogP) is 4.50. The maximum atomic E-state index is 13.3. The zero-order valence-corrected chi connectivity index (χ0v) is 18.9. The summed E-state index contributed by atoms with van der Waals surface area (Å²) in [5, 5.41) is -0.239. The van der Waals surface area contributed by atoms with E-state index in [9.17, 15) is 13.2 Å². The van der Waals surface area contributed by atoms with Crippen LogP contribution in [-0.4, -0.2) is 38.5 Å². The molecule has 6 nitrogen and oxygen atoms in total. The molecule has 2 aromatic carbocycles. The van der Waals surface area contributed by atoms with Gasteiger partial charge < -0.3 is 14.1 Å². The molecule has 0 N–H and O–H groups in total. The number of benzene rings is 2. The van der Waals surface area contributed by atoms with Gasteiger partial charge in [0.05, 0.1) is 11.0 Å². The Bertz CT molecular complexity index is 1150. The van der Waals surface area contributed by atoms with E-state index in [4.69, 9.17) is 9.15 Å². The lowest BCUT2D eigenvalue weighted by atomic mass is 10.1. The van der Waals surface area contributed by atoms with E-state index >= 15 is 0 Å². The SMILES string of the molecule is CCc1ccc(CN(CC2CCCO2)C(=O)c2ccc(S(=O)(=O)c3ccccc3)o2)cc1. The Kier molecular flexibility index (Phi) is 6.77. The number of hydrogen-bond acceptors (Lipinski definition) is 5. The Morgan fingerprint density at radius 1 is 1.00 bits per heavy atom. The topological polar surface area (TPSA) is 76.8 Å². The Labute approximate surface area is 188 Å². The third-order valence-electron chi connectivity index (χ3n) is 5.65. The minimum atomic E-state index is -3.83. The van der Waals surface area contributed by atoms with Crippen molar-refractivity contribution in [1.82, 2.24) is 4.90 Å². The summed E-state index contributed by atoms with van der Waals surface area (Å²) in [6.07, 6.45) is 2.78. The first-order valence-corrected chi connectivity index (χ1v) is 12.3. The van der Waals surface area contributed by atoms with Crippen LogP contribution < -0.4 is 0 Å². The number of hydrogen-bond donors (Lipinski definition) is 0. The predicted molar refractivity (Wildman–Crippen MR) is 120 cm³/mol. The highest BCUT2D eigenvalue weighted by Crippen LogP contribution is 2.24. The van der Waals surface area contributed by atoms with E-state index in [1.165, 1.54) is 29.8 Å². The van der Waals surface area contributed by atoms with Crippen molar-refractivity contribution in [2.75, 3.05) is 13.2 Å². The third-order valence-corrected chi connectivity index (χ3v) is 7.29. The molecule has 0 spiro atoms. The minimum absolute atomic E-state index is 0.00248. The molecule has 2 heterocycles. The minimum Gasteiger partial charge on any atom is -0.439 e. The van der Waals surface area contributed by atoms with Crippen LogP contribution in [0.2, 0.25) is 0 Å². The maximum absolute atomic E-state index is 13.3. The van der Waals surface area contributed by atoms with Crippen molar-refractivity contribution < 1.29 is 22.4 Å². The Morgan fingerprint density at radius 3 is 2.38 bits per heavy atom. The first-order chi connectivity index (χ1) is 15.5. The number of carbonyl (C=O) groups is 1. The zero-order valence-electron chi connectivity index (χ0n) is 18.1. The summed E-state index contributed by atoms with van der Waals surface area (Å²) < 4.78 is 37.0. The molecule has 1 atom stereocenters. The van der Waals surface area contributed by atoms with Crippen molar-refractivity contribution in [1.29, 1.82) is 0 Å². The van der Waals surface area contributed by atoms with Gasteiger partial charge in [-0.1, -0.05) is 49.4 Å². The molecule has 1 aliphatic heterocycles. The summed E-state index contributed by atoms with van der Waals surface area (Å²) in [7, 11) is -3.83. The van der Waals surface area contributed by atoms with E-state index in [2.05, 4.69) is 19.1 Å². The maximum Gasteiger partial charge on any atom is 0.290 e. The first kappa shape index (κ1) is 22.3. The molecule has 1 saturated heterocycles. The lowest BCUT2D eigenvalue weighted by Crippen LogP contribution is -2.36. The van der Waals surface area contributed by atoms with Gasteiger partial charge in [0.25, 0.3) is 5.91 Å². The van der Waals surface area contributed by atoms with Crippen molar-refractivity contribution in [3.63, 3.8) is 0 Å². The largest absolute Gasteiger partial charge is 0.439 e. The second-order valence-corrected chi connectivity index (χ2v) is 9.81. The number of sulfone groups is 1. The molecule has 168 valence electrons. The van der Waals surface area contributed by atoms with E-state index in [0.717, 1.165) is 24.8 Å². The lowest BCUT2D eigenvalue weighted by molar-refractivity contribution is 0.0480. The molecular formula is C25H27NO5S. The molecule has 0 bridgehead atoms. The van der Waals surface area contributed by atoms with Gasteiger partial charge in [-0.3, -0.25) is 4.79 Å². The molecule has 32 heavy (non-hydrogen) atoms. The van der Waals surface area contributed by atoms with Gasteiger partial charge >= 0.3 is 0 Å². The van der Waals surface area contributed by atoms with Crippen LogP contribution in [0, 0.1) is 0 Å². The van der Waals surface area contributed by atoms with Crippen molar-refractivity contribution in [2.24, 2.45) is 0 Å². The molecule has 1 unspecified atom stereocenters. The summed E-state index contributed by atoms with van der Waals surface area (Å²) >= 11 is 0. The molecule has 3 aromatic rings. The molecule has 0 aliphatic carbocycles. The zero-order chi connectivity index (χ0) is 22.6. The van der Waals surface area contributed by atoms with Gasteiger partial charge in [0.2, 0.25) is 14.9 Å². The number of rotatable bonds is 8. The fraction of sp³-hybridized carbons (Fsp3) is 0.320. The first-order valence-electron chi connectivity index (χ1n) is 10.9. The van der Waals surface area contributed by atoms with E-state index in [0.29, 0.717) is 19.7 Å². The molecule has 1 aromatic heterocycles. The Balaban J connectivity index is 1.57. The smallest absolute Gasteiger partial charge is 0.290 e. The van der Waals surface area contributed by atoms with E-state index in [-0.39, 0.29) is 27.8 Å². The third kappa shape index (κ3) is 4.95. The monoisotopic (exact) mass is 453 g/mol. The molecule has 0 saturated carbocycles. The van der Waals surface area contributed by atoms with E-state index < -0.39 is 9.84 Å². The van der Waals surface area contributed by atoms with Gasteiger partial charge in [-0.15, -0.1) is 0 Å². The molecule has 4 rings (SSSR count). The highest BCUT2D eigenvalue weighted by molar-refractivity contribution is 7.91. The summed E-state index contributed by atoms with van der Waals surface area (Å²) in [6.45, 7) is 3.61. The van der Waals surface area contributed by atoms with Gasteiger partial charge in [0, 0.05) is 19.7 Å². The normalized spacial score (nSPS) is 16.2. The summed E-state index contributed by atoms with van der Waals surface area (Å²) in [5.74, 6) is -0.350. The standard InChI is InChI=1S/C25H27NO5S/c1-2-19-10-12-20(13-11-19)17-26(18-21-7-6-16-30-21)25(27)23-14-15-24(31-23)32(28,29)22-8-4-3-5-9-22/h3-5,8-15,21H,2,6-7,16-18H2,1H3. The molecule has 1 fully saturated rings. The summed E-state index contributed by atoms with van der Waals surface area (Å²) in [5.41, 5.74) is 2.23. The van der Waals surface area contributed by atoms with Crippen molar-refractivity contribution in [2.45, 2.75) is 48.8 Å². The van der Waals surface area contributed by atoms with Crippen LogP contribution in [0.25, 0.3) is 0 Å². The molecule has 1 amide bonds. The van der Waals surface area contributed by atoms with Crippen LogP contribution in [0.1, 0.15) is 41.4 Å². The highest BCUT2D eigenvalue weighted by atomic mass is 32.2. The number of nitrogens with zero attached hydrogens (tertiary/aromatic N) is 1. The van der Waals surface area contributed by atoms with Gasteiger partial charge in [0.15, 0.2) is 5.76 Å². The highest BCUT2D eigenvalue weighted by Gasteiger charge is 2.28. The van der Waals surface area contributed by atoms with Crippen LogP contribution in [0.5, 0.6) is 0 Å². The van der Waals surface area contributed by atoms with Crippen LogP contribution in [0.3, 0.4) is 0 Å². The van der Waals surface area contributed by atoms with Gasteiger partial charge in [-0.25, -0.2) is 8.42 Å². The number of furan rings is 1.